The molecule has 0 saturated carbocycles. The molecule has 0 radical (unpaired) electrons. The first-order valence-electron chi connectivity index (χ1n) is 7.18. The van der Waals surface area contributed by atoms with E-state index < -0.39 is 10.9 Å². The number of aromatic nitrogens is 2. The quantitative estimate of drug-likeness (QED) is 0.378. The molecule has 0 saturated heterocycles. The number of nitro benzene ring substituents is 1. The van der Waals surface area contributed by atoms with E-state index >= 15 is 0 Å². The van der Waals surface area contributed by atoms with E-state index in [1.54, 1.807) is 16.8 Å². The highest BCUT2D eigenvalue weighted by atomic mass is 16.6. The van der Waals surface area contributed by atoms with Crippen LogP contribution in [0.4, 0.5) is 11.4 Å². The number of aryl methyl sites for hydroxylation is 2. The lowest BCUT2D eigenvalue weighted by Gasteiger charge is -2.07. The van der Waals surface area contributed by atoms with Crippen molar-refractivity contribution >= 4 is 23.4 Å². The molecule has 0 fully saturated rings. The van der Waals surface area contributed by atoms with Crippen LogP contribution in [0.2, 0.25) is 0 Å². The van der Waals surface area contributed by atoms with Gasteiger partial charge < -0.3 is 10.1 Å². The Morgan fingerprint density at radius 2 is 2.25 bits per heavy atom. The van der Waals surface area contributed by atoms with Crippen molar-refractivity contribution in [2.24, 2.45) is 7.05 Å². The molecule has 0 aliphatic carbocycles. The third-order valence-corrected chi connectivity index (χ3v) is 3.39. The molecule has 2 rings (SSSR count). The Balaban J connectivity index is 2.20. The zero-order valence-electron chi connectivity index (χ0n) is 13.6. The number of hydrogen-bond acceptors (Lipinski definition) is 6. The van der Waals surface area contributed by atoms with Crippen LogP contribution >= 0.6 is 0 Å². The van der Waals surface area contributed by atoms with Gasteiger partial charge in [0.05, 0.1) is 24.3 Å². The standard InChI is InChI=1S/C16H18N4O4/c1-11-10-19(2)18-14(11)9-17-13-6-4-12(5-7-16(21)24-3)8-15(13)20(22)23/h4-8,10,17H,9H2,1-3H3/b7-5+. The van der Waals surface area contributed by atoms with E-state index in [4.69, 9.17) is 0 Å². The van der Waals surface area contributed by atoms with Gasteiger partial charge in [0, 0.05) is 25.4 Å². The van der Waals surface area contributed by atoms with Gasteiger partial charge in [0.15, 0.2) is 0 Å². The summed E-state index contributed by atoms with van der Waals surface area (Å²) in [6.45, 7) is 2.31. The number of methoxy groups -OCH3 is 1. The largest absolute Gasteiger partial charge is 0.466 e. The van der Waals surface area contributed by atoms with Crippen LogP contribution in [0, 0.1) is 17.0 Å². The molecule has 1 N–H and O–H groups in total. The van der Waals surface area contributed by atoms with Gasteiger partial charge in [-0.2, -0.15) is 5.10 Å². The summed E-state index contributed by atoms with van der Waals surface area (Å²) in [5.74, 6) is -0.523. The fraction of sp³-hybridized carbons (Fsp3) is 0.250. The molecule has 2 aromatic rings. The number of carbonyl (C=O) groups excluding carboxylic acids is 1. The number of rotatable bonds is 6. The zero-order valence-corrected chi connectivity index (χ0v) is 13.6. The highest BCUT2D eigenvalue weighted by Gasteiger charge is 2.15. The van der Waals surface area contributed by atoms with E-state index in [1.807, 2.05) is 20.2 Å². The number of hydrogen-bond donors (Lipinski definition) is 1. The molecule has 1 aromatic carbocycles. The number of nitro groups is 1. The topological polar surface area (TPSA) is 99.3 Å². The van der Waals surface area contributed by atoms with E-state index in [1.165, 1.54) is 25.3 Å². The van der Waals surface area contributed by atoms with E-state index in [0.29, 0.717) is 17.8 Å². The number of nitrogens with zero attached hydrogens (tertiary/aromatic N) is 3. The maximum Gasteiger partial charge on any atom is 0.330 e. The summed E-state index contributed by atoms with van der Waals surface area (Å²) >= 11 is 0. The summed E-state index contributed by atoms with van der Waals surface area (Å²) in [4.78, 5) is 21.9. The van der Waals surface area contributed by atoms with E-state index in [2.05, 4.69) is 15.2 Å². The maximum atomic E-state index is 11.3. The minimum atomic E-state index is -0.523. The van der Waals surface area contributed by atoms with Crippen molar-refractivity contribution < 1.29 is 14.5 Å². The van der Waals surface area contributed by atoms with Crippen LogP contribution in [0.1, 0.15) is 16.8 Å². The van der Waals surface area contributed by atoms with Gasteiger partial charge in [-0.15, -0.1) is 0 Å². The molecule has 0 unspecified atom stereocenters. The summed E-state index contributed by atoms with van der Waals surface area (Å²) in [7, 11) is 3.09. The summed E-state index contributed by atoms with van der Waals surface area (Å²) in [5, 5.41) is 18.6. The zero-order chi connectivity index (χ0) is 17.7. The normalized spacial score (nSPS) is 10.8. The fourth-order valence-corrected chi connectivity index (χ4v) is 2.19. The van der Waals surface area contributed by atoms with E-state index in [9.17, 15) is 14.9 Å². The molecule has 1 aromatic heterocycles. The molecule has 8 heteroatoms. The van der Waals surface area contributed by atoms with Crippen LogP contribution in [-0.2, 0) is 23.1 Å². The van der Waals surface area contributed by atoms with Crippen LogP contribution in [0.15, 0.2) is 30.5 Å². The molecule has 126 valence electrons. The minimum Gasteiger partial charge on any atom is -0.466 e. The first-order valence-corrected chi connectivity index (χ1v) is 7.18. The Morgan fingerprint density at radius 1 is 1.50 bits per heavy atom. The smallest absolute Gasteiger partial charge is 0.330 e. The first kappa shape index (κ1) is 17.2. The Kier molecular flexibility index (Phi) is 5.31. The molecule has 0 aliphatic rings. The van der Waals surface area contributed by atoms with Crippen molar-refractivity contribution in [2.75, 3.05) is 12.4 Å². The molecule has 0 amide bonds. The predicted octanol–water partition coefficient (Wildman–Crippen LogP) is 2.44. The second kappa shape index (κ2) is 7.40. The predicted molar refractivity (Wildman–Crippen MR) is 89.4 cm³/mol. The number of benzene rings is 1. The van der Waals surface area contributed by atoms with Gasteiger partial charge in [-0.05, 0) is 30.2 Å². The highest BCUT2D eigenvalue weighted by molar-refractivity contribution is 5.87. The van der Waals surface area contributed by atoms with Crippen molar-refractivity contribution in [2.45, 2.75) is 13.5 Å². The molecular formula is C16H18N4O4. The van der Waals surface area contributed by atoms with Gasteiger partial charge in [-0.3, -0.25) is 14.8 Å². The fourth-order valence-electron chi connectivity index (χ4n) is 2.19. The van der Waals surface area contributed by atoms with Crippen LogP contribution < -0.4 is 5.32 Å². The van der Waals surface area contributed by atoms with Gasteiger partial charge in [-0.1, -0.05) is 6.07 Å². The lowest BCUT2D eigenvalue weighted by atomic mass is 10.1. The summed E-state index contributed by atoms with van der Waals surface area (Å²) in [5.41, 5.74) is 2.68. The van der Waals surface area contributed by atoms with Crippen LogP contribution in [0.25, 0.3) is 6.08 Å². The van der Waals surface area contributed by atoms with Gasteiger partial charge >= 0.3 is 5.97 Å². The van der Waals surface area contributed by atoms with Gasteiger partial charge in [0.25, 0.3) is 5.69 Å². The lowest BCUT2D eigenvalue weighted by Crippen LogP contribution is -2.05. The molecular weight excluding hydrogens is 312 g/mol. The number of carbonyl (C=O) groups is 1. The summed E-state index contributed by atoms with van der Waals surface area (Å²) < 4.78 is 6.19. The van der Waals surface area contributed by atoms with Crippen molar-refractivity contribution in [3.8, 4) is 0 Å². The summed E-state index contributed by atoms with van der Waals surface area (Å²) in [6, 6.07) is 4.68. The maximum absolute atomic E-state index is 11.3. The number of esters is 1. The monoisotopic (exact) mass is 330 g/mol. The SMILES string of the molecule is COC(=O)/C=C/c1ccc(NCc2nn(C)cc2C)c([N+](=O)[O-])c1. The van der Waals surface area contributed by atoms with Gasteiger partial charge in [0.2, 0.25) is 0 Å². The Bertz CT molecular complexity index is 795. The van der Waals surface area contributed by atoms with E-state index in [0.717, 1.165) is 11.3 Å². The van der Waals surface area contributed by atoms with Crippen LogP contribution in [-0.4, -0.2) is 27.8 Å². The molecule has 24 heavy (non-hydrogen) atoms. The lowest BCUT2D eigenvalue weighted by molar-refractivity contribution is -0.384. The van der Waals surface area contributed by atoms with Gasteiger partial charge in [0.1, 0.15) is 5.69 Å². The second-order valence-corrected chi connectivity index (χ2v) is 5.18. The van der Waals surface area contributed by atoms with Crippen molar-refractivity contribution in [3.63, 3.8) is 0 Å². The van der Waals surface area contributed by atoms with Crippen molar-refractivity contribution in [1.82, 2.24) is 9.78 Å². The number of nitrogens with one attached hydrogen (secondary N) is 1. The van der Waals surface area contributed by atoms with Crippen LogP contribution in [0.5, 0.6) is 0 Å². The summed E-state index contributed by atoms with van der Waals surface area (Å²) in [6.07, 6.45) is 4.56. The van der Waals surface area contributed by atoms with Crippen molar-refractivity contribution in [3.05, 3.63) is 57.4 Å². The molecule has 0 aliphatic heterocycles. The third kappa shape index (κ3) is 4.19. The molecule has 1 heterocycles. The second-order valence-electron chi connectivity index (χ2n) is 5.18. The number of ether oxygens (including phenoxy) is 1. The number of anilines is 1. The molecule has 0 bridgehead atoms. The molecule has 0 spiro atoms. The molecule has 0 atom stereocenters. The highest BCUT2D eigenvalue weighted by Crippen LogP contribution is 2.26. The Hall–Kier alpha value is -3.16. The van der Waals surface area contributed by atoms with E-state index in [-0.39, 0.29) is 5.69 Å². The average molecular weight is 330 g/mol. The minimum absolute atomic E-state index is 0.0735. The molecule has 8 nitrogen and oxygen atoms in total. The average Bonchev–Trinajstić information content (AvgIpc) is 2.88. The van der Waals surface area contributed by atoms with Crippen LogP contribution in [0.3, 0.4) is 0 Å². The van der Waals surface area contributed by atoms with Gasteiger partial charge in [-0.25, -0.2) is 4.79 Å². The Labute approximate surface area is 138 Å². The Morgan fingerprint density at radius 3 is 2.83 bits per heavy atom. The first-order chi connectivity index (χ1) is 11.4. The van der Waals surface area contributed by atoms with Crippen molar-refractivity contribution in [1.29, 1.82) is 0 Å². The third-order valence-electron chi connectivity index (χ3n) is 3.39.